The van der Waals surface area contributed by atoms with Gasteiger partial charge in [-0.3, -0.25) is 0 Å². The average molecular weight is 250 g/mol. The van der Waals surface area contributed by atoms with Gasteiger partial charge in [0.1, 0.15) is 17.1 Å². The summed E-state index contributed by atoms with van der Waals surface area (Å²) in [6.45, 7) is 0.290. The minimum absolute atomic E-state index is 0.248. The summed E-state index contributed by atoms with van der Waals surface area (Å²) < 4.78 is 18.3. The topological polar surface area (TPSA) is 88.5 Å². The van der Waals surface area contributed by atoms with Crippen molar-refractivity contribution in [2.75, 3.05) is 11.1 Å². The molecule has 0 saturated carbocycles. The molecule has 0 spiro atoms. The van der Waals surface area contributed by atoms with E-state index in [1.54, 1.807) is 12.1 Å². The average Bonchev–Trinajstić information content (AvgIpc) is 2.83. The maximum Gasteiger partial charge on any atom is 0.340 e. The van der Waals surface area contributed by atoms with Crippen LogP contribution in [-0.4, -0.2) is 11.1 Å². The number of nitrogens with one attached hydrogen (secondary N) is 1. The van der Waals surface area contributed by atoms with Gasteiger partial charge in [-0.05, 0) is 24.3 Å². The Morgan fingerprint density at radius 3 is 2.83 bits per heavy atom. The molecule has 0 aliphatic carbocycles. The van der Waals surface area contributed by atoms with E-state index in [4.69, 9.17) is 15.3 Å². The minimum atomic E-state index is -1.28. The highest BCUT2D eigenvalue weighted by Crippen LogP contribution is 2.25. The van der Waals surface area contributed by atoms with Crippen molar-refractivity contribution in [1.29, 1.82) is 0 Å². The molecule has 0 amide bonds. The van der Waals surface area contributed by atoms with Crippen LogP contribution in [0.2, 0.25) is 0 Å². The molecule has 1 aromatic carbocycles. The number of rotatable bonds is 4. The Labute approximate surface area is 102 Å². The van der Waals surface area contributed by atoms with Crippen LogP contribution in [0.1, 0.15) is 16.1 Å². The van der Waals surface area contributed by atoms with Crippen LogP contribution in [0.5, 0.6) is 0 Å². The second-order valence-electron chi connectivity index (χ2n) is 3.62. The van der Waals surface area contributed by atoms with Crippen LogP contribution in [0.3, 0.4) is 0 Å². The third-order valence-electron chi connectivity index (χ3n) is 2.44. The molecular formula is C12H11FN2O3. The number of aromatic carboxylic acids is 1. The van der Waals surface area contributed by atoms with E-state index in [0.717, 1.165) is 6.07 Å². The number of hydrogen-bond acceptors (Lipinski definition) is 4. The summed E-state index contributed by atoms with van der Waals surface area (Å²) in [6.07, 6.45) is 1.51. The van der Waals surface area contributed by atoms with Crippen molar-refractivity contribution in [2.45, 2.75) is 6.54 Å². The number of carboxylic acid groups (broad SMARTS) is 1. The summed E-state index contributed by atoms with van der Waals surface area (Å²) in [6, 6.07) is 5.90. The van der Waals surface area contributed by atoms with Gasteiger partial charge in [-0.15, -0.1) is 0 Å². The fourth-order valence-corrected chi connectivity index (χ4v) is 1.57. The molecular weight excluding hydrogens is 239 g/mol. The van der Waals surface area contributed by atoms with E-state index in [0.29, 0.717) is 12.3 Å². The van der Waals surface area contributed by atoms with Crippen molar-refractivity contribution in [3.05, 3.63) is 47.7 Å². The first-order valence-electron chi connectivity index (χ1n) is 5.17. The van der Waals surface area contributed by atoms with Crippen LogP contribution in [0, 0.1) is 5.82 Å². The van der Waals surface area contributed by atoms with Crippen LogP contribution in [0.15, 0.2) is 34.9 Å². The maximum absolute atomic E-state index is 13.2. The Kier molecular flexibility index (Phi) is 3.18. The molecule has 6 heteroatoms. The molecule has 1 heterocycles. The van der Waals surface area contributed by atoms with Gasteiger partial charge in [0.2, 0.25) is 0 Å². The summed E-state index contributed by atoms with van der Waals surface area (Å²) in [5.74, 6) is -1.40. The molecule has 2 aromatic rings. The molecule has 0 atom stereocenters. The zero-order valence-corrected chi connectivity index (χ0v) is 9.31. The molecule has 0 saturated heterocycles. The maximum atomic E-state index is 13.2. The summed E-state index contributed by atoms with van der Waals surface area (Å²) in [5, 5.41) is 11.9. The van der Waals surface area contributed by atoms with E-state index in [-0.39, 0.29) is 16.9 Å². The lowest BCUT2D eigenvalue weighted by molar-refractivity contribution is 0.0698. The normalized spacial score (nSPS) is 10.3. The van der Waals surface area contributed by atoms with E-state index in [1.807, 2.05) is 0 Å². The SMILES string of the molecule is Nc1c(F)ccc(NCc2ccco2)c1C(=O)O. The number of benzene rings is 1. The molecule has 5 nitrogen and oxygen atoms in total. The van der Waals surface area contributed by atoms with Crippen LogP contribution in [0.4, 0.5) is 15.8 Å². The lowest BCUT2D eigenvalue weighted by atomic mass is 10.1. The number of halogens is 1. The predicted octanol–water partition coefficient (Wildman–Crippen LogP) is 2.31. The fraction of sp³-hybridized carbons (Fsp3) is 0.0833. The molecule has 0 radical (unpaired) electrons. The molecule has 0 aliphatic heterocycles. The third-order valence-corrected chi connectivity index (χ3v) is 2.44. The lowest BCUT2D eigenvalue weighted by Gasteiger charge is -2.11. The molecule has 94 valence electrons. The van der Waals surface area contributed by atoms with Crippen molar-refractivity contribution in [3.8, 4) is 0 Å². The Morgan fingerprint density at radius 2 is 2.22 bits per heavy atom. The van der Waals surface area contributed by atoms with Gasteiger partial charge in [-0.25, -0.2) is 9.18 Å². The third kappa shape index (κ3) is 2.27. The number of carbonyl (C=O) groups is 1. The molecule has 0 unspecified atom stereocenters. The standard InChI is InChI=1S/C12H11FN2O3/c13-8-3-4-9(10(11(8)14)12(16)17)15-6-7-2-1-5-18-7/h1-5,15H,6,14H2,(H,16,17). The van der Waals surface area contributed by atoms with E-state index in [9.17, 15) is 9.18 Å². The zero-order chi connectivity index (χ0) is 13.1. The molecule has 0 bridgehead atoms. The monoisotopic (exact) mass is 250 g/mol. The highest BCUT2D eigenvalue weighted by molar-refractivity contribution is 6.00. The van der Waals surface area contributed by atoms with Crippen molar-refractivity contribution in [3.63, 3.8) is 0 Å². The number of carboxylic acids is 1. The van der Waals surface area contributed by atoms with E-state index < -0.39 is 11.8 Å². The highest BCUT2D eigenvalue weighted by atomic mass is 19.1. The van der Waals surface area contributed by atoms with E-state index in [2.05, 4.69) is 5.32 Å². The number of hydrogen-bond donors (Lipinski definition) is 3. The lowest BCUT2D eigenvalue weighted by Crippen LogP contribution is -2.10. The van der Waals surface area contributed by atoms with E-state index >= 15 is 0 Å². The minimum Gasteiger partial charge on any atom is -0.478 e. The van der Waals surface area contributed by atoms with Gasteiger partial charge in [-0.1, -0.05) is 0 Å². The number of nitrogens with two attached hydrogens (primary N) is 1. The highest BCUT2D eigenvalue weighted by Gasteiger charge is 2.17. The largest absolute Gasteiger partial charge is 0.478 e. The zero-order valence-electron chi connectivity index (χ0n) is 9.31. The van der Waals surface area contributed by atoms with Gasteiger partial charge in [0.25, 0.3) is 0 Å². The summed E-state index contributed by atoms with van der Waals surface area (Å²) in [7, 11) is 0. The molecule has 0 aliphatic rings. The van der Waals surface area contributed by atoms with E-state index in [1.165, 1.54) is 12.3 Å². The van der Waals surface area contributed by atoms with Crippen LogP contribution in [-0.2, 0) is 6.54 Å². The second kappa shape index (κ2) is 4.79. The smallest absolute Gasteiger partial charge is 0.340 e. The number of anilines is 2. The number of furan rings is 1. The fourth-order valence-electron chi connectivity index (χ4n) is 1.57. The Balaban J connectivity index is 2.27. The summed E-state index contributed by atoms with van der Waals surface area (Å²) in [5.41, 5.74) is 5.00. The summed E-state index contributed by atoms with van der Waals surface area (Å²) in [4.78, 5) is 11.0. The van der Waals surface area contributed by atoms with Crippen LogP contribution < -0.4 is 11.1 Å². The van der Waals surface area contributed by atoms with Gasteiger partial charge in [0.05, 0.1) is 24.2 Å². The Bertz CT molecular complexity index is 567. The molecule has 1 aromatic heterocycles. The van der Waals surface area contributed by atoms with Gasteiger partial charge in [-0.2, -0.15) is 0 Å². The first kappa shape index (κ1) is 12.0. The molecule has 0 fully saturated rings. The van der Waals surface area contributed by atoms with Crippen LogP contribution in [0.25, 0.3) is 0 Å². The van der Waals surface area contributed by atoms with Crippen molar-refractivity contribution in [1.82, 2.24) is 0 Å². The Morgan fingerprint density at radius 1 is 1.44 bits per heavy atom. The van der Waals surface area contributed by atoms with Gasteiger partial charge in [0.15, 0.2) is 0 Å². The van der Waals surface area contributed by atoms with Crippen LogP contribution >= 0.6 is 0 Å². The number of nitrogen functional groups attached to an aromatic ring is 1. The first-order valence-corrected chi connectivity index (χ1v) is 5.17. The van der Waals surface area contributed by atoms with Crippen molar-refractivity contribution >= 4 is 17.3 Å². The quantitative estimate of drug-likeness (QED) is 0.724. The predicted molar refractivity (Wildman–Crippen MR) is 63.8 cm³/mol. The molecule has 2 rings (SSSR count). The molecule has 4 N–H and O–H groups in total. The first-order chi connectivity index (χ1) is 8.59. The van der Waals surface area contributed by atoms with Gasteiger partial charge in [0, 0.05) is 0 Å². The second-order valence-corrected chi connectivity index (χ2v) is 3.62. The van der Waals surface area contributed by atoms with Gasteiger partial charge < -0.3 is 20.6 Å². The Hall–Kier alpha value is -2.50. The van der Waals surface area contributed by atoms with Gasteiger partial charge >= 0.3 is 5.97 Å². The summed E-state index contributed by atoms with van der Waals surface area (Å²) >= 11 is 0. The molecule has 18 heavy (non-hydrogen) atoms. The van der Waals surface area contributed by atoms with Crippen molar-refractivity contribution < 1.29 is 18.7 Å². The van der Waals surface area contributed by atoms with Crippen molar-refractivity contribution in [2.24, 2.45) is 0 Å².